The quantitative estimate of drug-likeness (QED) is 0.299. The first-order chi connectivity index (χ1) is 15.8. The Hall–Kier alpha value is -4.04. The maximum Gasteiger partial charge on any atom is 0.0914 e. The summed E-state index contributed by atoms with van der Waals surface area (Å²) in [4.78, 5) is 9.15. The Morgan fingerprint density at radius 3 is 1.59 bits per heavy atom. The molecule has 7 rings (SSSR count). The second kappa shape index (κ2) is 6.24. The summed E-state index contributed by atoms with van der Waals surface area (Å²) < 4.78 is 0. The molecule has 1 heterocycles. The van der Waals surface area contributed by atoms with Crippen molar-refractivity contribution in [2.75, 3.05) is 0 Å². The predicted octanol–water partition coefficient (Wildman–Crippen LogP) is 6.80. The third-order valence-corrected chi connectivity index (χ3v) is 7.15. The van der Waals surface area contributed by atoms with Crippen molar-refractivity contribution in [2.24, 2.45) is 0 Å². The van der Waals surface area contributed by atoms with Crippen LogP contribution in [0.4, 0.5) is 0 Å². The second-order valence-corrected chi connectivity index (χ2v) is 8.64. The van der Waals surface area contributed by atoms with Gasteiger partial charge in [0, 0.05) is 18.0 Å². The summed E-state index contributed by atoms with van der Waals surface area (Å²) >= 11 is 0. The van der Waals surface area contributed by atoms with Gasteiger partial charge in [0.15, 0.2) is 0 Å². The largest absolute Gasteiger partial charge is 0.258 e. The fourth-order valence-electron chi connectivity index (χ4n) is 5.93. The Morgan fingerprint density at radius 2 is 1.03 bits per heavy atom. The number of hydrogen-bond donors (Lipinski definition) is 0. The highest BCUT2D eigenvalue weighted by atomic mass is 14.8. The zero-order valence-electron chi connectivity index (χ0n) is 17.7. The van der Waals surface area contributed by atoms with Crippen LogP contribution in [0, 0.1) is 6.92 Å². The summed E-state index contributed by atoms with van der Waals surface area (Å²) in [6.07, 6.45) is 3.53. The molecule has 0 bridgehead atoms. The van der Waals surface area contributed by atoms with Crippen LogP contribution in [0.15, 0.2) is 103 Å². The van der Waals surface area contributed by atoms with E-state index in [0.29, 0.717) is 0 Å². The molecular weight excluding hydrogens is 388 g/mol. The van der Waals surface area contributed by atoms with E-state index in [4.69, 9.17) is 0 Å². The lowest BCUT2D eigenvalue weighted by atomic mass is 9.70. The molecule has 0 fully saturated rings. The van der Waals surface area contributed by atoms with Gasteiger partial charge < -0.3 is 0 Å². The van der Waals surface area contributed by atoms with Crippen molar-refractivity contribution >= 4 is 0 Å². The zero-order valence-corrected chi connectivity index (χ0v) is 17.7. The molecule has 0 aliphatic heterocycles. The highest BCUT2D eigenvalue weighted by molar-refractivity contribution is 5.95. The van der Waals surface area contributed by atoms with E-state index in [-0.39, 0.29) is 5.41 Å². The minimum Gasteiger partial charge on any atom is -0.258 e. The zero-order chi connectivity index (χ0) is 21.3. The lowest BCUT2D eigenvalue weighted by molar-refractivity contribution is 0.794. The number of rotatable bonds is 1. The molecular formula is C30H20N2. The van der Waals surface area contributed by atoms with E-state index in [1.807, 2.05) is 6.92 Å². The molecule has 0 amide bonds. The molecule has 2 nitrogen and oxygen atoms in total. The van der Waals surface area contributed by atoms with E-state index in [1.165, 1.54) is 44.5 Å². The normalized spacial score (nSPS) is 14.0. The van der Waals surface area contributed by atoms with Gasteiger partial charge >= 0.3 is 0 Å². The van der Waals surface area contributed by atoms with Gasteiger partial charge in [-0.05, 0) is 57.5 Å². The van der Waals surface area contributed by atoms with Gasteiger partial charge in [0.2, 0.25) is 0 Å². The number of hydrogen-bond acceptors (Lipinski definition) is 2. The second-order valence-electron chi connectivity index (χ2n) is 8.64. The summed E-state index contributed by atoms with van der Waals surface area (Å²) in [6, 6.07) is 33.5. The Bertz CT molecular complexity index is 1480. The van der Waals surface area contributed by atoms with Crippen molar-refractivity contribution in [1.82, 2.24) is 9.97 Å². The summed E-state index contributed by atoms with van der Waals surface area (Å²) in [5.74, 6) is 0. The molecule has 5 aromatic rings. The van der Waals surface area contributed by atoms with Crippen LogP contribution in [0.3, 0.4) is 0 Å². The van der Waals surface area contributed by atoms with Crippen molar-refractivity contribution in [1.29, 1.82) is 0 Å². The van der Waals surface area contributed by atoms with Crippen LogP contribution in [0.5, 0.6) is 0 Å². The van der Waals surface area contributed by atoms with Crippen molar-refractivity contribution < 1.29 is 0 Å². The maximum absolute atomic E-state index is 4.66. The first kappa shape index (κ1) is 17.6. The summed E-state index contributed by atoms with van der Waals surface area (Å²) in [6.45, 7) is 2.03. The molecule has 0 saturated carbocycles. The molecule has 150 valence electrons. The number of fused-ring (bicyclic) bond motifs is 10. The first-order valence-corrected chi connectivity index (χ1v) is 11.0. The molecule has 32 heavy (non-hydrogen) atoms. The number of aromatic nitrogens is 2. The van der Waals surface area contributed by atoms with Crippen LogP contribution in [-0.2, 0) is 5.41 Å². The molecule has 0 N–H and O–H groups in total. The topological polar surface area (TPSA) is 25.8 Å². The number of aryl methyl sites for hydroxylation is 1. The summed E-state index contributed by atoms with van der Waals surface area (Å²) in [5, 5.41) is 0. The molecule has 2 aliphatic rings. The third-order valence-electron chi connectivity index (χ3n) is 7.15. The van der Waals surface area contributed by atoms with E-state index in [1.54, 1.807) is 12.4 Å². The average Bonchev–Trinajstić information content (AvgIpc) is 3.31. The van der Waals surface area contributed by atoms with Crippen LogP contribution in [0.25, 0.3) is 33.5 Å². The van der Waals surface area contributed by atoms with Crippen LogP contribution < -0.4 is 0 Å². The highest BCUT2D eigenvalue weighted by Crippen LogP contribution is 2.62. The summed E-state index contributed by atoms with van der Waals surface area (Å²) in [7, 11) is 0. The molecule has 0 atom stereocenters. The van der Waals surface area contributed by atoms with Gasteiger partial charge in [-0.3, -0.25) is 9.97 Å². The van der Waals surface area contributed by atoms with Crippen molar-refractivity contribution in [3.05, 3.63) is 131 Å². The lowest BCUT2D eigenvalue weighted by Gasteiger charge is -2.30. The van der Waals surface area contributed by atoms with Crippen molar-refractivity contribution in [3.8, 4) is 33.5 Å². The van der Waals surface area contributed by atoms with Gasteiger partial charge in [0.05, 0.1) is 16.8 Å². The number of benzene rings is 4. The fourth-order valence-corrected chi connectivity index (χ4v) is 5.93. The van der Waals surface area contributed by atoms with Crippen LogP contribution >= 0.6 is 0 Å². The minimum absolute atomic E-state index is 0.314. The molecule has 1 spiro atoms. The maximum atomic E-state index is 4.66. The molecule has 0 radical (unpaired) electrons. The first-order valence-electron chi connectivity index (χ1n) is 11.0. The highest BCUT2D eigenvalue weighted by Gasteiger charge is 2.51. The fraction of sp³-hybridized carbons (Fsp3) is 0.0667. The molecule has 1 aromatic heterocycles. The van der Waals surface area contributed by atoms with Crippen LogP contribution in [-0.4, -0.2) is 9.97 Å². The van der Waals surface area contributed by atoms with E-state index >= 15 is 0 Å². The molecule has 2 heteroatoms. The average molecular weight is 409 g/mol. The molecule has 2 aliphatic carbocycles. The smallest absolute Gasteiger partial charge is 0.0914 e. The van der Waals surface area contributed by atoms with Gasteiger partial charge in [-0.15, -0.1) is 0 Å². The Balaban J connectivity index is 1.64. The SMILES string of the molecule is Cc1nccnc1-c1ccc2c(c1)C1(c3ccccc3-c3ccccc31)c1ccccc1-2. The van der Waals surface area contributed by atoms with Gasteiger partial charge in [0.25, 0.3) is 0 Å². The van der Waals surface area contributed by atoms with E-state index in [0.717, 1.165) is 17.0 Å². The van der Waals surface area contributed by atoms with E-state index in [2.05, 4.69) is 101 Å². The third kappa shape index (κ3) is 2.04. The van der Waals surface area contributed by atoms with Crippen LogP contribution in [0.2, 0.25) is 0 Å². The Morgan fingerprint density at radius 1 is 0.531 bits per heavy atom. The monoisotopic (exact) mass is 408 g/mol. The standard InChI is InChI=1S/C30H20N2/c1-19-29(32-17-16-31-19)20-14-15-24-23-10-4-7-13-27(23)30(28(24)18-20)25-11-5-2-8-21(25)22-9-3-6-12-26(22)30/h2-18H,1H3. The molecule has 4 aromatic carbocycles. The van der Waals surface area contributed by atoms with E-state index in [9.17, 15) is 0 Å². The van der Waals surface area contributed by atoms with Gasteiger partial charge in [-0.25, -0.2) is 0 Å². The van der Waals surface area contributed by atoms with Crippen molar-refractivity contribution in [2.45, 2.75) is 12.3 Å². The van der Waals surface area contributed by atoms with E-state index < -0.39 is 0 Å². The van der Waals surface area contributed by atoms with Gasteiger partial charge in [-0.1, -0.05) is 84.9 Å². The number of nitrogens with zero attached hydrogens (tertiary/aromatic N) is 2. The minimum atomic E-state index is -0.314. The van der Waals surface area contributed by atoms with Crippen LogP contribution in [0.1, 0.15) is 27.9 Å². The van der Waals surface area contributed by atoms with Gasteiger partial charge in [0.1, 0.15) is 0 Å². The molecule has 0 unspecified atom stereocenters. The molecule has 0 saturated heterocycles. The Labute approximate surface area is 187 Å². The Kier molecular flexibility index (Phi) is 3.44. The van der Waals surface area contributed by atoms with Gasteiger partial charge in [-0.2, -0.15) is 0 Å². The lowest BCUT2D eigenvalue weighted by Crippen LogP contribution is -2.25. The summed E-state index contributed by atoms with van der Waals surface area (Å²) in [5.41, 5.74) is 13.4. The predicted molar refractivity (Wildman–Crippen MR) is 129 cm³/mol. The van der Waals surface area contributed by atoms with Crippen molar-refractivity contribution in [3.63, 3.8) is 0 Å².